The van der Waals surface area contributed by atoms with Gasteiger partial charge in [0.2, 0.25) is 5.91 Å². The summed E-state index contributed by atoms with van der Waals surface area (Å²) in [5.74, 6) is 1.16. The Bertz CT molecular complexity index is 1120. The molecule has 0 saturated carbocycles. The van der Waals surface area contributed by atoms with Gasteiger partial charge in [0.1, 0.15) is 10.4 Å². The van der Waals surface area contributed by atoms with E-state index in [0.29, 0.717) is 28.0 Å². The van der Waals surface area contributed by atoms with E-state index in [1.165, 1.54) is 29.5 Å². The molecule has 1 fully saturated rings. The number of rotatable bonds is 7. The van der Waals surface area contributed by atoms with E-state index in [0.717, 1.165) is 37.1 Å². The lowest BCUT2D eigenvalue weighted by atomic mass is 10.0. The molecule has 1 amide bonds. The van der Waals surface area contributed by atoms with Gasteiger partial charge < -0.3 is 9.64 Å². The number of nitrogens with zero attached hydrogens (tertiary/aromatic N) is 3. The number of piperidine rings is 1. The molecule has 164 valence electrons. The number of thiophene rings is 1. The number of fused-ring (bicyclic) bond motifs is 1. The molecule has 0 spiro atoms. The molecule has 2 aromatic heterocycles. The van der Waals surface area contributed by atoms with E-state index in [9.17, 15) is 9.59 Å². The van der Waals surface area contributed by atoms with Crippen molar-refractivity contribution in [2.24, 2.45) is 0 Å². The van der Waals surface area contributed by atoms with E-state index in [1.54, 1.807) is 11.7 Å². The summed E-state index contributed by atoms with van der Waals surface area (Å²) in [6, 6.07) is 9.86. The highest BCUT2D eigenvalue weighted by Gasteiger charge is 2.25. The van der Waals surface area contributed by atoms with Crippen LogP contribution >= 0.6 is 23.1 Å². The lowest BCUT2D eigenvalue weighted by Crippen LogP contribution is -2.44. The summed E-state index contributed by atoms with van der Waals surface area (Å²) in [6.07, 6.45) is 4.31. The molecule has 0 radical (unpaired) electrons. The lowest BCUT2D eigenvalue weighted by molar-refractivity contribution is -0.132. The molecule has 0 aliphatic carbocycles. The molecule has 1 aliphatic rings. The normalized spacial score (nSPS) is 16.6. The van der Waals surface area contributed by atoms with E-state index < -0.39 is 0 Å². The highest BCUT2D eigenvalue weighted by Crippen LogP contribution is 2.25. The number of thioether (sulfide) groups is 1. The first-order valence-corrected chi connectivity index (χ1v) is 12.5. The zero-order valence-corrected chi connectivity index (χ0v) is 19.5. The van der Waals surface area contributed by atoms with Crippen LogP contribution in [0, 0.1) is 0 Å². The molecule has 1 saturated heterocycles. The summed E-state index contributed by atoms with van der Waals surface area (Å²) < 4.78 is 7.64. The Morgan fingerprint density at radius 1 is 1.32 bits per heavy atom. The molecule has 3 heterocycles. The summed E-state index contributed by atoms with van der Waals surface area (Å²) in [7, 11) is 1.63. The van der Waals surface area contributed by atoms with Gasteiger partial charge in [0, 0.05) is 12.6 Å². The van der Waals surface area contributed by atoms with Crippen LogP contribution in [0.1, 0.15) is 38.2 Å². The Labute approximate surface area is 190 Å². The number of aromatic nitrogens is 2. The molecule has 0 unspecified atom stereocenters. The molecular weight excluding hydrogens is 430 g/mol. The van der Waals surface area contributed by atoms with Crippen molar-refractivity contribution in [3.8, 4) is 5.75 Å². The molecule has 0 N–H and O–H groups in total. The van der Waals surface area contributed by atoms with Crippen LogP contribution in [0.25, 0.3) is 10.2 Å². The summed E-state index contributed by atoms with van der Waals surface area (Å²) in [4.78, 5) is 32.9. The predicted molar refractivity (Wildman–Crippen MR) is 126 cm³/mol. The Morgan fingerprint density at radius 3 is 3.00 bits per heavy atom. The second-order valence-corrected chi connectivity index (χ2v) is 9.56. The van der Waals surface area contributed by atoms with Crippen LogP contribution in [-0.4, -0.2) is 45.8 Å². The van der Waals surface area contributed by atoms with Crippen molar-refractivity contribution < 1.29 is 9.53 Å². The summed E-state index contributed by atoms with van der Waals surface area (Å²) in [6.45, 7) is 3.35. The number of likely N-dealkylation sites (tertiary alicyclic amines) is 1. The maximum absolute atomic E-state index is 13.2. The Kier molecular flexibility index (Phi) is 6.97. The third kappa shape index (κ3) is 4.80. The van der Waals surface area contributed by atoms with Crippen molar-refractivity contribution in [3.63, 3.8) is 0 Å². The molecule has 1 atom stereocenters. The first-order chi connectivity index (χ1) is 15.1. The van der Waals surface area contributed by atoms with Gasteiger partial charge in [-0.15, -0.1) is 11.3 Å². The van der Waals surface area contributed by atoms with Crippen LogP contribution in [0.2, 0.25) is 0 Å². The number of benzene rings is 1. The topological polar surface area (TPSA) is 64.4 Å². The average Bonchev–Trinajstić information content (AvgIpc) is 3.28. The largest absolute Gasteiger partial charge is 0.497 e. The van der Waals surface area contributed by atoms with Crippen LogP contribution in [0.15, 0.2) is 45.7 Å². The van der Waals surface area contributed by atoms with Gasteiger partial charge in [0.25, 0.3) is 5.56 Å². The van der Waals surface area contributed by atoms with Gasteiger partial charge in [-0.25, -0.2) is 4.98 Å². The zero-order chi connectivity index (χ0) is 21.8. The third-order valence-corrected chi connectivity index (χ3v) is 7.60. The van der Waals surface area contributed by atoms with Crippen molar-refractivity contribution in [1.82, 2.24) is 14.5 Å². The van der Waals surface area contributed by atoms with E-state index in [-0.39, 0.29) is 17.2 Å². The number of carbonyl (C=O) groups is 1. The highest BCUT2D eigenvalue weighted by molar-refractivity contribution is 7.99. The monoisotopic (exact) mass is 457 g/mol. The van der Waals surface area contributed by atoms with E-state index >= 15 is 0 Å². The second-order valence-electron chi connectivity index (χ2n) is 7.71. The maximum Gasteiger partial charge on any atom is 0.272 e. The minimum atomic E-state index is -0.0674. The van der Waals surface area contributed by atoms with Crippen LogP contribution in [0.4, 0.5) is 0 Å². The molecule has 4 rings (SSSR count). The summed E-state index contributed by atoms with van der Waals surface area (Å²) in [5.41, 5.74) is 1.58. The standard InChI is InChI=1S/C23H27N3O3S2/c1-3-17-8-4-5-11-25(17)20(27)15-31-23-24-19-10-12-30-21(19)22(28)26(23)14-16-7-6-9-18(13-16)29-2/h6-7,9-10,12-13,17H,3-5,8,11,14-15H2,1-2H3/t17-/m0/s1. The minimum Gasteiger partial charge on any atom is -0.497 e. The fraction of sp³-hybridized carbons (Fsp3) is 0.435. The Balaban J connectivity index is 1.61. The quantitative estimate of drug-likeness (QED) is 0.389. The fourth-order valence-electron chi connectivity index (χ4n) is 4.09. The van der Waals surface area contributed by atoms with Gasteiger partial charge in [-0.3, -0.25) is 14.2 Å². The van der Waals surface area contributed by atoms with E-state index in [2.05, 4.69) is 6.92 Å². The highest BCUT2D eigenvalue weighted by atomic mass is 32.2. The fourth-order valence-corrected chi connectivity index (χ4v) is 5.75. The van der Waals surface area contributed by atoms with Crippen molar-refractivity contribution in [3.05, 3.63) is 51.6 Å². The van der Waals surface area contributed by atoms with Gasteiger partial charge in [0.15, 0.2) is 5.16 Å². The number of ether oxygens (including phenoxy) is 1. The Morgan fingerprint density at radius 2 is 2.19 bits per heavy atom. The predicted octanol–water partition coefficient (Wildman–Crippen LogP) is 4.40. The second kappa shape index (κ2) is 9.87. The molecule has 6 nitrogen and oxygen atoms in total. The lowest BCUT2D eigenvalue weighted by Gasteiger charge is -2.35. The first-order valence-electron chi connectivity index (χ1n) is 10.6. The molecule has 3 aromatic rings. The number of hydrogen-bond donors (Lipinski definition) is 0. The van der Waals surface area contributed by atoms with Crippen LogP contribution < -0.4 is 10.3 Å². The van der Waals surface area contributed by atoms with Crippen molar-refractivity contribution in [1.29, 1.82) is 0 Å². The summed E-state index contributed by atoms with van der Waals surface area (Å²) in [5, 5.41) is 2.46. The Hall–Kier alpha value is -2.32. The van der Waals surface area contributed by atoms with Gasteiger partial charge in [-0.2, -0.15) is 0 Å². The van der Waals surface area contributed by atoms with Crippen molar-refractivity contribution in [2.45, 2.75) is 50.4 Å². The number of carbonyl (C=O) groups excluding carboxylic acids is 1. The smallest absolute Gasteiger partial charge is 0.272 e. The molecule has 31 heavy (non-hydrogen) atoms. The van der Waals surface area contributed by atoms with E-state index in [1.807, 2.05) is 40.6 Å². The zero-order valence-electron chi connectivity index (χ0n) is 17.9. The van der Waals surface area contributed by atoms with Gasteiger partial charge >= 0.3 is 0 Å². The van der Waals surface area contributed by atoms with Crippen LogP contribution in [-0.2, 0) is 11.3 Å². The maximum atomic E-state index is 13.2. The minimum absolute atomic E-state index is 0.0674. The molecule has 1 aliphatic heterocycles. The molecule has 0 bridgehead atoms. The van der Waals surface area contributed by atoms with Gasteiger partial charge in [0.05, 0.1) is 24.9 Å². The van der Waals surface area contributed by atoms with Crippen LogP contribution in [0.5, 0.6) is 5.75 Å². The van der Waals surface area contributed by atoms with Crippen molar-refractivity contribution in [2.75, 3.05) is 19.4 Å². The average molecular weight is 458 g/mol. The third-order valence-electron chi connectivity index (χ3n) is 5.75. The molecule has 8 heteroatoms. The SMILES string of the molecule is CC[C@H]1CCCCN1C(=O)CSc1nc2ccsc2c(=O)n1Cc1cccc(OC)c1. The number of methoxy groups -OCH3 is 1. The first kappa shape index (κ1) is 21.9. The van der Waals surface area contributed by atoms with Crippen molar-refractivity contribution >= 4 is 39.2 Å². The van der Waals surface area contributed by atoms with Crippen LogP contribution in [0.3, 0.4) is 0 Å². The number of amides is 1. The molecular formula is C23H27N3O3S2. The van der Waals surface area contributed by atoms with Gasteiger partial charge in [-0.1, -0.05) is 30.8 Å². The van der Waals surface area contributed by atoms with E-state index in [4.69, 9.17) is 9.72 Å². The summed E-state index contributed by atoms with van der Waals surface area (Å²) >= 11 is 2.76. The van der Waals surface area contributed by atoms with Gasteiger partial charge in [-0.05, 0) is 54.8 Å². The number of hydrogen-bond acceptors (Lipinski definition) is 6. The molecule has 1 aromatic carbocycles.